The molecule has 0 amide bonds. The van der Waals surface area contributed by atoms with E-state index in [1.165, 1.54) is 63.4 Å². The molecule has 0 aliphatic rings. The molecule has 3 atom stereocenters. The Balaban J connectivity index is 2.59. The minimum atomic E-state index is -2.48. The van der Waals surface area contributed by atoms with Gasteiger partial charge < -0.3 is 28.1 Å². The van der Waals surface area contributed by atoms with Crippen molar-refractivity contribution in [1.29, 1.82) is 0 Å². The fourth-order valence-electron chi connectivity index (χ4n) is 4.33. The zero-order valence-electron chi connectivity index (χ0n) is 27.0. The van der Waals surface area contributed by atoms with Gasteiger partial charge in [-0.1, -0.05) is 124 Å². The summed E-state index contributed by atoms with van der Waals surface area (Å²) in [5.74, 6) is 0.275. The summed E-state index contributed by atoms with van der Waals surface area (Å²) in [5, 5.41) is 10.7. The van der Waals surface area contributed by atoms with E-state index in [0.717, 1.165) is 44.1 Å². The number of benzene rings is 1. The smallest absolute Gasteiger partial charge is 0.386 e. The Hall–Kier alpha value is -1.05. The van der Waals surface area contributed by atoms with Crippen LogP contribution in [-0.2, 0) is 28.4 Å². The summed E-state index contributed by atoms with van der Waals surface area (Å²) in [7, 11) is -1.99. The molecule has 0 saturated carbocycles. The third-order valence-corrected chi connectivity index (χ3v) is 8.61. The van der Waals surface area contributed by atoms with Crippen LogP contribution in [0.3, 0.4) is 0 Å². The highest BCUT2D eigenvalue weighted by Gasteiger charge is 2.39. The molecule has 0 spiro atoms. The highest BCUT2D eigenvalue weighted by Crippen LogP contribution is 2.27. The number of hydrogen-bond acceptors (Lipinski definition) is 8. The van der Waals surface area contributed by atoms with E-state index in [4.69, 9.17) is 18.4 Å². The van der Waals surface area contributed by atoms with Crippen LogP contribution in [0.25, 0.3) is 0 Å². The van der Waals surface area contributed by atoms with Gasteiger partial charge >= 0.3 is 11.5 Å². The predicted octanol–water partition coefficient (Wildman–Crippen LogP) is 8.86. The van der Waals surface area contributed by atoms with Crippen LogP contribution in [-0.4, -0.2) is 48.3 Å². The molecule has 0 heterocycles. The van der Waals surface area contributed by atoms with E-state index in [0.29, 0.717) is 18.1 Å². The van der Waals surface area contributed by atoms with Crippen molar-refractivity contribution in [2.45, 2.75) is 142 Å². The van der Waals surface area contributed by atoms with E-state index in [1.807, 2.05) is 24.3 Å². The molecule has 7 nitrogen and oxygen atoms in total. The van der Waals surface area contributed by atoms with Gasteiger partial charge in [0.15, 0.2) is 0 Å². The van der Waals surface area contributed by atoms with Crippen molar-refractivity contribution in [3.05, 3.63) is 29.8 Å². The Kier molecular flexibility index (Phi) is 21.7. The average molecular weight is 631 g/mol. The number of carbonyl (C=O) groups is 1. The van der Waals surface area contributed by atoms with Crippen molar-refractivity contribution in [3.8, 4) is 5.75 Å². The normalized spacial score (nSPS) is 14.2. The van der Waals surface area contributed by atoms with Crippen LogP contribution in [0.4, 0.5) is 0 Å². The van der Waals surface area contributed by atoms with Crippen LogP contribution < -0.4 is 4.74 Å². The van der Waals surface area contributed by atoms with E-state index < -0.39 is 26.1 Å². The molecule has 0 saturated heterocycles. The van der Waals surface area contributed by atoms with Gasteiger partial charge in [-0.2, -0.15) is 0 Å². The van der Waals surface area contributed by atoms with Crippen LogP contribution in [0.5, 0.6) is 5.75 Å². The first-order valence-corrected chi connectivity index (χ1v) is 18.1. The van der Waals surface area contributed by atoms with E-state index in [1.54, 1.807) is 0 Å². The van der Waals surface area contributed by atoms with Gasteiger partial charge in [0.25, 0.3) is 0 Å². The van der Waals surface area contributed by atoms with Crippen LogP contribution >= 0.6 is 20.5 Å². The lowest BCUT2D eigenvalue weighted by molar-refractivity contribution is -0.194. The van der Waals surface area contributed by atoms with Crippen molar-refractivity contribution >= 4 is 26.5 Å². The Bertz CT molecular complexity index is 831. The summed E-state index contributed by atoms with van der Waals surface area (Å²) in [6, 6.07) is 7.93. The first-order chi connectivity index (χ1) is 20.2. The Morgan fingerprint density at radius 3 is 1.93 bits per heavy atom. The third-order valence-electron chi connectivity index (χ3n) is 7.17. The average Bonchev–Trinajstić information content (AvgIpc) is 2.98. The highest BCUT2D eigenvalue weighted by molar-refractivity contribution is 7.95. The monoisotopic (exact) mass is 630 g/mol. The van der Waals surface area contributed by atoms with Crippen LogP contribution in [0, 0.1) is 0 Å². The minimum Gasteiger partial charge on any atom is -0.491 e. The molecule has 0 aromatic heterocycles. The number of rotatable bonds is 26. The molecule has 3 unspecified atom stereocenters. The van der Waals surface area contributed by atoms with Crippen molar-refractivity contribution in [3.63, 3.8) is 0 Å². The topological polar surface area (TPSA) is 91.3 Å². The van der Waals surface area contributed by atoms with Crippen molar-refractivity contribution < 1.29 is 32.9 Å². The quantitative estimate of drug-likeness (QED) is 0.0470. The first kappa shape index (κ1) is 39.0. The lowest BCUT2D eigenvalue weighted by Crippen LogP contribution is -2.40. The van der Waals surface area contributed by atoms with Gasteiger partial charge in [-0.15, -0.1) is 0 Å². The molecule has 0 bridgehead atoms. The van der Waals surface area contributed by atoms with Gasteiger partial charge in [0.05, 0.1) is 18.6 Å². The van der Waals surface area contributed by atoms with Crippen LogP contribution in [0.15, 0.2) is 24.3 Å². The summed E-state index contributed by atoms with van der Waals surface area (Å²) in [6.45, 7) is 11.4. The van der Waals surface area contributed by atoms with Crippen molar-refractivity contribution in [2.75, 3.05) is 25.6 Å². The van der Waals surface area contributed by atoms with Gasteiger partial charge in [-0.25, -0.2) is 4.79 Å². The molecule has 0 aliphatic heterocycles. The summed E-state index contributed by atoms with van der Waals surface area (Å²) in [6.07, 6.45) is 15.7. The van der Waals surface area contributed by atoms with Crippen LogP contribution in [0.2, 0.25) is 0 Å². The molecule has 42 heavy (non-hydrogen) atoms. The summed E-state index contributed by atoms with van der Waals surface area (Å²) in [5.41, 5.74) is -1.24. The molecule has 1 rings (SSSR count). The molecular weight excluding hydrogens is 571 g/mol. The fourth-order valence-corrected chi connectivity index (χ4v) is 5.36. The largest absolute Gasteiger partial charge is 0.491 e. The maximum absolute atomic E-state index is 12.5. The zero-order chi connectivity index (χ0) is 31.1. The number of ether oxygens (including phenoxy) is 3. The van der Waals surface area contributed by atoms with E-state index in [2.05, 4.69) is 34.6 Å². The molecular formula is C33H59O7PS. The maximum Gasteiger partial charge on any atom is 0.386 e. The zero-order valence-corrected chi connectivity index (χ0v) is 29.0. The predicted molar refractivity (Wildman–Crippen MR) is 176 cm³/mol. The SMILES string of the molecule is CCCCCCCCCCOC(COc1ccc(C(C)(C)C)cc1)COC(O)([PH2]=O)C(=O)OSCCCCCCCC. The fraction of sp³-hybridized carbons (Fsp3) is 0.788. The maximum atomic E-state index is 12.5. The Labute approximate surface area is 261 Å². The number of carbonyl (C=O) groups excluding carboxylic acids is 1. The lowest BCUT2D eigenvalue weighted by atomic mass is 9.87. The second kappa shape index (κ2) is 23.3. The van der Waals surface area contributed by atoms with E-state index in [-0.39, 0.29) is 18.6 Å². The van der Waals surface area contributed by atoms with Crippen molar-refractivity contribution in [1.82, 2.24) is 0 Å². The summed E-state index contributed by atoms with van der Waals surface area (Å²) >= 11 is 0.968. The molecule has 9 heteroatoms. The molecule has 1 aromatic rings. The lowest BCUT2D eigenvalue weighted by Gasteiger charge is -2.24. The van der Waals surface area contributed by atoms with Gasteiger partial charge in [-0.05, 0) is 36.0 Å². The minimum absolute atomic E-state index is 0.0423. The second-order valence-electron chi connectivity index (χ2n) is 12.1. The summed E-state index contributed by atoms with van der Waals surface area (Å²) < 4.78 is 34.5. The standard InChI is InChI=1S/C33H59O7PS/c1-6-8-10-12-14-15-16-18-24-37-30(26-38-29-22-20-28(21-23-29)32(3,4)5)27-39-33(35,41-36)31(34)40-42-25-19-17-13-11-9-7-2/h20-23,30,35H,6-19,24-27,41H2,1-5H3. The van der Waals surface area contributed by atoms with Gasteiger partial charge in [-0.3, -0.25) is 0 Å². The Morgan fingerprint density at radius 1 is 0.833 bits per heavy atom. The van der Waals surface area contributed by atoms with Gasteiger partial charge in [0.1, 0.15) is 26.9 Å². The Morgan fingerprint density at radius 2 is 1.38 bits per heavy atom. The number of unbranched alkanes of at least 4 members (excludes halogenated alkanes) is 12. The molecule has 1 N–H and O–H groups in total. The molecule has 0 fully saturated rings. The van der Waals surface area contributed by atoms with Crippen LogP contribution in [0.1, 0.15) is 130 Å². The number of aliphatic hydroxyl groups is 1. The second-order valence-corrected chi connectivity index (χ2v) is 14.0. The molecule has 244 valence electrons. The highest BCUT2D eigenvalue weighted by atomic mass is 32.2. The molecule has 1 aromatic carbocycles. The summed E-state index contributed by atoms with van der Waals surface area (Å²) in [4.78, 5) is 12.5. The van der Waals surface area contributed by atoms with E-state index >= 15 is 0 Å². The first-order valence-electron chi connectivity index (χ1n) is 16.2. The van der Waals surface area contributed by atoms with E-state index in [9.17, 15) is 14.5 Å². The van der Waals surface area contributed by atoms with Gasteiger partial charge in [0.2, 0.25) is 0 Å². The molecule has 0 radical (unpaired) electrons. The third kappa shape index (κ3) is 17.9. The van der Waals surface area contributed by atoms with Gasteiger partial charge in [0, 0.05) is 12.4 Å². The molecule has 0 aliphatic carbocycles. The van der Waals surface area contributed by atoms with Crippen molar-refractivity contribution in [2.24, 2.45) is 0 Å². The number of hydrogen-bond donors (Lipinski definition) is 1.